The highest BCUT2D eigenvalue weighted by atomic mass is 16.1. The Balaban J connectivity index is 1.82. The molecule has 14 heavy (non-hydrogen) atoms. The van der Waals surface area contributed by atoms with Gasteiger partial charge >= 0.3 is 0 Å². The van der Waals surface area contributed by atoms with E-state index >= 15 is 0 Å². The first-order valence-electron chi connectivity index (χ1n) is 5.30. The monoisotopic (exact) mass is 190 g/mol. The quantitative estimate of drug-likeness (QED) is 0.664. The van der Waals surface area contributed by atoms with Gasteiger partial charge in [-0.1, -0.05) is 6.42 Å². The highest BCUT2D eigenvalue weighted by Crippen LogP contribution is 2.58. The number of carbonyl (C=O) groups excluding carboxylic acids is 1. The molecule has 1 aromatic heterocycles. The van der Waals surface area contributed by atoms with Crippen LogP contribution in [-0.4, -0.2) is 15.3 Å². The second-order valence-corrected chi connectivity index (χ2v) is 4.51. The predicted molar refractivity (Wildman–Crippen MR) is 51.9 cm³/mol. The van der Waals surface area contributed by atoms with Gasteiger partial charge in [-0.3, -0.25) is 4.79 Å². The van der Waals surface area contributed by atoms with E-state index in [-0.39, 0.29) is 5.78 Å². The summed E-state index contributed by atoms with van der Waals surface area (Å²) >= 11 is 0. The first kappa shape index (κ1) is 8.21. The van der Waals surface area contributed by atoms with Gasteiger partial charge in [0.1, 0.15) is 0 Å². The van der Waals surface area contributed by atoms with E-state index in [0.29, 0.717) is 23.6 Å². The van der Waals surface area contributed by atoms with Gasteiger partial charge in [-0.05, 0) is 24.7 Å². The van der Waals surface area contributed by atoms with E-state index < -0.39 is 0 Å². The minimum absolute atomic E-state index is 0.271. The molecular weight excluding hydrogens is 176 g/mol. The van der Waals surface area contributed by atoms with Crippen LogP contribution in [0.25, 0.3) is 0 Å². The van der Waals surface area contributed by atoms with Crippen LogP contribution in [0.1, 0.15) is 29.9 Å². The second-order valence-electron chi connectivity index (χ2n) is 4.51. The molecule has 2 saturated carbocycles. The normalized spacial score (nSPS) is 34.2. The van der Waals surface area contributed by atoms with E-state index in [1.807, 2.05) is 17.8 Å². The molecule has 0 N–H and O–H groups in total. The van der Waals surface area contributed by atoms with Crippen molar-refractivity contribution in [3.63, 3.8) is 0 Å². The van der Waals surface area contributed by atoms with Gasteiger partial charge < -0.3 is 4.57 Å². The summed E-state index contributed by atoms with van der Waals surface area (Å²) in [5, 5.41) is 0. The van der Waals surface area contributed by atoms with Crippen LogP contribution in [0.2, 0.25) is 0 Å². The Hall–Kier alpha value is -1.12. The van der Waals surface area contributed by atoms with Crippen molar-refractivity contribution in [3.8, 4) is 0 Å². The third-order valence-electron chi connectivity index (χ3n) is 3.75. The summed E-state index contributed by atoms with van der Waals surface area (Å²) in [7, 11) is 1.89. The van der Waals surface area contributed by atoms with Gasteiger partial charge in [0.25, 0.3) is 0 Å². The number of nitrogens with zero attached hydrogens (tertiary/aromatic N) is 2. The molecule has 0 spiro atoms. The smallest absolute Gasteiger partial charge is 0.201 e. The number of hydrogen-bond donors (Lipinski definition) is 0. The lowest BCUT2D eigenvalue weighted by Gasteiger charge is -2.02. The first-order valence-corrected chi connectivity index (χ1v) is 5.30. The van der Waals surface area contributed by atoms with Crippen molar-refractivity contribution in [2.75, 3.05) is 0 Å². The van der Waals surface area contributed by atoms with Crippen molar-refractivity contribution in [3.05, 3.63) is 18.2 Å². The maximum Gasteiger partial charge on any atom is 0.201 e. The van der Waals surface area contributed by atoms with E-state index in [2.05, 4.69) is 4.98 Å². The summed E-state index contributed by atoms with van der Waals surface area (Å²) in [6.07, 6.45) is 7.37. The molecule has 2 aliphatic rings. The van der Waals surface area contributed by atoms with Crippen LogP contribution < -0.4 is 0 Å². The van der Waals surface area contributed by atoms with Crippen LogP contribution in [0.15, 0.2) is 12.4 Å². The van der Waals surface area contributed by atoms with Crippen LogP contribution in [0.3, 0.4) is 0 Å². The zero-order chi connectivity index (χ0) is 9.71. The number of aromatic nitrogens is 2. The van der Waals surface area contributed by atoms with Gasteiger partial charge in [0, 0.05) is 25.4 Å². The molecule has 0 amide bonds. The lowest BCUT2D eigenvalue weighted by Crippen LogP contribution is -2.12. The van der Waals surface area contributed by atoms with Gasteiger partial charge in [-0.25, -0.2) is 4.98 Å². The molecule has 0 saturated heterocycles. The topological polar surface area (TPSA) is 34.9 Å². The van der Waals surface area contributed by atoms with Gasteiger partial charge in [0.2, 0.25) is 5.78 Å². The second kappa shape index (κ2) is 2.69. The van der Waals surface area contributed by atoms with Crippen LogP contribution in [0.5, 0.6) is 0 Å². The molecule has 2 fully saturated rings. The fourth-order valence-electron chi connectivity index (χ4n) is 2.96. The number of hydrogen-bond acceptors (Lipinski definition) is 2. The van der Waals surface area contributed by atoms with E-state index in [0.717, 1.165) is 0 Å². The van der Waals surface area contributed by atoms with Crippen LogP contribution >= 0.6 is 0 Å². The number of Topliss-reactive ketones (excluding diaryl/α,β-unsaturated/α-hetero) is 1. The number of fused-ring (bicyclic) bond motifs is 1. The minimum Gasteiger partial charge on any atom is -0.332 e. The zero-order valence-corrected chi connectivity index (χ0v) is 8.31. The zero-order valence-electron chi connectivity index (χ0n) is 8.31. The lowest BCUT2D eigenvalue weighted by molar-refractivity contribution is 0.0938. The fraction of sp³-hybridized carbons (Fsp3) is 0.636. The third-order valence-corrected chi connectivity index (χ3v) is 3.75. The van der Waals surface area contributed by atoms with Crippen molar-refractivity contribution in [2.24, 2.45) is 24.8 Å². The molecule has 2 aliphatic carbocycles. The summed E-state index contributed by atoms with van der Waals surface area (Å²) in [6, 6.07) is 0. The molecule has 0 radical (unpaired) electrons. The van der Waals surface area contributed by atoms with E-state index in [1.54, 1.807) is 6.20 Å². The largest absolute Gasteiger partial charge is 0.332 e. The van der Waals surface area contributed by atoms with Crippen molar-refractivity contribution < 1.29 is 4.79 Å². The van der Waals surface area contributed by atoms with Crippen LogP contribution in [-0.2, 0) is 7.05 Å². The third kappa shape index (κ3) is 0.982. The van der Waals surface area contributed by atoms with Crippen molar-refractivity contribution in [2.45, 2.75) is 19.3 Å². The van der Waals surface area contributed by atoms with E-state index in [4.69, 9.17) is 0 Å². The Bertz CT molecular complexity index is 372. The van der Waals surface area contributed by atoms with E-state index in [9.17, 15) is 4.79 Å². The average Bonchev–Trinajstić information content (AvgIpc) is 2.57. The number of carbonyl (C=O) groups is 1. The molecule has 74 valence electrons. The standard InChI is InChI=1S/C11H14N2O/c1-13-6-5-12-11(13)10(14)9-7-3-2-4-8(7)9/h5-9H,2-4H2,1H3. The van der Waals surface area contributed by atoms with Crippen LogP contribution in [0, 0.1) is 17.8 Å². The molecular formula is C11H14N2O. The Labute approximate surface area is 83.1 Å². The molecule has 3 heteroatoms. The summed E-state index contributed by atoms with van der Waals surface area (Å²) in [5.41, 5.74) is 0. The van der Waals surface area contributed by atoms with Gasteiger partial charge in [-0.2, -0.15) is 0 Å². The highest BCUT2D eigenvalue weighted by molar-refractivity contribution is 5.97. The van der Waals surface area contributed by atoms with Crippen molar-refractivity contribution in [1.29, 1.82) is 0 Å². The van der Waals surface area contributed by atoms with Gasteiger partial charge in [0.15, 0.2) is 5.82 Å². The Morgan fingerprint density at radius 3 is 2.79 bits per heavy atom. The first-order chi connectivity index (χ1) is 6.79. The SMILES string of the molecule is Cn1ccnc1C(=O)C1C2CCCC21. The Morgan fingerprint density at radius 2 is 2.21 bits per heavy atom. The Kier molecular flexibility index (Phi) is 1.58. The molecule has 2 unspecified atom stereocenters. The number of ketones is 1. The molecule has 0 bridgehead atoms. The van der Waals surface area contributed by atoms with Crippen molar-refractivity contribution in [1.82, 2.24) is 9.55 Å². The maximum absolute atomic E-state index is 12.0. The number of aryl methyl sites for hydroxylation is 1. The summed E-state index contributed by atoms with van der Waals surface area (Å²) in [5.74, 6) is 2.61. The maximum atomic E-state index is 12.0. The fourth-order valence-corrected chi connectivity index (χ4v) is 2.96. The summed E-state index contributed by atoms with van der Waals surface area (Å²) < 4.78 is 1.83. The van der Waals surface area contributed by atoms with E-state index in [1.165, 1.54) is 19.3 Å². The molecule has 3 rings (SSSR count). The minimum atomic E-state index is 0.271. The predicted octanol–water partition coefficient (Wildman–Crippen LogP) is 1.65. The molecule has 1 heterocycles. The molecule has 1 aromatic rings. The Morgan fingerprint density at radius 1 is 1.50 bits per heavy atom. The molecule has 0 aromatic carbocycles. The highest BCUT2D eigenvalue weighted by Gasteiger charge is 2.57. The summed E-state index contributed by atoms with van der Waals surface area (Å²) in [4.78, 5) is 16.1. The van der Waals surface area contributed by atoms with Gasteiger partial charge in [-0.15, -0.1) is 0 Å². The molecule has 2 atom stereocenters. The lowest BCUT2D eigenvalue weighted by atomic mass is 10.1. The van der Waals surface area contributed by atoms with Gasteiger partial charge in [0.05, 0.1) is 0 Å². The average molecular weight is 190 g/mol. The molecule has 0 aliphatic heterocycles. The summed E-state index contributed by atoms with van der Waals surface area (Å²) in [6.45, 7) is 0. The van der Waals surface area contributed by atoms with Crippen LogP contribution in [0.4, 0.5) is 0 Å². The molecule has 3 nitrogen and oxygen atoms in total. The number of rotatable bonds is 2. The number of imidazole rings is 1. The van der Waals surface area contributed by atoms with Crippen molar-refractivity contribution >= 4 is 5.78 Å².